The molecule has 4 bridgehead atoms. The van der Waals surface area contributed by atoms with E-state index < -0.39 is 0 Å². The first-order chi connectivity index (χ1) is 15.6. The van der Waals surface area contributed by atoms with Gasteiger partial charge in [0.1, 0.15) is 11.6 Å². The number of anilines is 1. The molecule has 5 nitrogen and oxygen atoms in total. The number of imidazole rings is 1. The van der Waals surface area contributed by atoms with Crippen LogP contribution in [0.1, 0.15) is 56.5 Å². The number of rotatable bonds is 5. The van der Waals surface area contributed by atoms with Crippen LogP contribution in [-0.4, -0.2) is 22.6 Å². The Kier molecular flexibility index (Phi) is 4.74. The number of nitrogens with one attached hydrogen (secondary N) is 1. The highest BCUT2D eigenvalue weighted by atomic mass is 16.5. The number of fused-ring (bicyclic) bond motifs is 1. The average molecular weight is 430 g/mol. The van der Waals surface area contributed by atoms with Crippen LogP contribution in [0.5, 0.6) is 5.75 Å². The van der Waals surface area contributed by atoms with Gasteiger partial charge in [-0.25, -0.2) is 4.98 Å². The Morgan fingerprint density at radius 2 is 1.72 bits per heavy atom. The van der Waals surface area contributed by atoms with Crippen molar-refractivity contribution in [3.05, 3.63) is 53.9 Å². The van der Waals surface area contributed by atoms with Gasteiger partial charge in [-0.2, -0.15) is 0 Å². The van der Waals surface area contributed by atoms with E-state index in [2.05, 4.69) is 28.1 Å². The molecule has 2 aromatic carbocycles. The zero-order valence-electron chi connectivity index (χ0n) is 18.9. The Labute approximate surface area is 189 Å². The third kappa shape index (κ3) is 3.39. The van der Waals surface area contributed by atoms with E-state index in [0.29, 0.717) is 6.04 Å². The fourth-order valence-electron chi connectivity index (χ4n) is 7.13. The van der Waals surface area contributed by atoms with Gasteiger partial charge >= 0.3 is 0 Å². The third-order valence-corrected chi connectivity index (χ3v) is 8.08. The number of ether oxygens (including phenoxy) is 1. The highest BCUT2D eigenvalue weighted by molar-refractivity contribution is 5.91. The summed E-state index contributed by atoms with van der Waals surface area (Å²) in [6.07, 6.45) is 7.78. The van der Waals surface area contributed by atoms with E-state index in [-0.39, 0.29) is 5.91 Å². The van der Waals surface area contributed by atoms with E-state index in [9.17, 15) is 4.79 Å². The molecule has 0 unspecified atom stereocenters. The Balaban J connectivity index is 1.43. The monoisotopic (exact) mass is 429 g/mol. The number of nitrogens with zero attached hydrogens (tertiary/aromatic N) is 2. The van der Waals surface area contributed by atoms with Crippen molar-refractivity contribution < 1.29 is 9.53 Å². The first kappa shape index (κ1) is 19.8. The summed E-state index contributed by atoms with van der Waals surface area (Å²) in [6, 6.07) is 15.1. The molecule has 1 N–H and O–H groups in total. The van der Waals surface area contributed by atoms with Crippen LogP contribution in [0.3, 0.4) is 0 Å². The van der Waals surface area contributed by atoms with Gasteiger partial charge in [0.2, 0.25) is 5.91 Å². The molecule has 0 radical (unpaired) electrons. The maximum Gasteiger partial charge on any atom is 0.221 e. The molecule has 7 rings (SSSR count). The molecule has 166 valence electrons. The van der Waals surface area contributed by atoms with Crippen LogP contribution in [0.15, 0.2) is 42.5 Å². The molecule has 5 heteroatoms. The second-order valence-electron chi connectivity index (χ2n) is 10.2. The number of hydrogen-bond acceptors (Lipinski definition) is 3. The van der Waals surface area contributed by atoms with Gasteiger partial charge in [-0.15, -0.1) is 0 Å². The molecule has 0 spiro atoms. The topological polar surface area (TPSA) is 56.1 Å². The molecule has 4 aliphatic rings. The first-order valence-corrected chi connectivity index (χ1v) is 12.0. The minimum atomic E-state index is -0.0525. The van der Waals surface area contributed by atoms with Crippen molar-refractivity contribution in [2.75, 3.05) is 12.4 Å². The number of aromatic nitrogens is 2. The van der Waals surface area contributed by atoms with Crippen LogP contribution in [0.2, 0.25) is 0 Å². The molecule has 4 aliphatic carbocycles. The lowest BCUT2D eigenvalue weighted by Crippen LogP contribution is -2.46. The smallest absolute Gasteiger partial charge is 0.221 e. The standard InChI is InChI=1S/C27H31N3O2/c1-16(31)28-22-5-8-25-24(15-22)29-26(14-17-3-6-23(32-2)7-4-17)30(25)27-20-10-18-9-19(12-20)13-21(27)11-18/h3-8,15,18-21,27H,9-14H2,1-2H3,(H,28,31). The molecule has 1 heterocycles. The maximum absolute atomic E-state index is 11.6. The van der Waals surface area contributed by atoms with Crippen LogP contribution >= 0.6 is 0 Å². The molecular formula is C27H31N3O2. The zero-order valence-corrected chi connectivity index (χ0v) is 18.9. The van der Waals surface area contributed by atoms with Crippen LogP contribution in [-0.2, 0) is 11.2 Å². The first-order valence-electron chi connectivity index (χ1n) is 12.0. The van der Waals surface area contributed by atoms with E-state index in [1.807, 2.05) is 24.3 Å². The quantitative estimate of drug-likeness (QED) is 0.575. The highest BCUT2D eigenvalue weighted by Crippen LogP contribution is 2.59. The normalized spacial score (nSPS) is 28.2. The van der Waals surface area contributed by atoms with Gasteiger partial charge in [-0.3, -0.25) is 4.79 Å². The van der Waals surface area contributed by atoms with Gasteiger partial charge < -0.3 is 14.6 Å². The zero-order chi connectivity index (χ0) is 21.8. The number of carbonyl (C=O) groups excluding carboxylic acids is 1. The molecular weight excluding hydrogens is 398 g/mol. The summed E-state index contributed by atoms with van der Waals surface area (Å²) in [4.78, 5) is 16.7. The van der Waals surface area contributed by atoms with Crippen LogP contribution in [0.4, 0.5) is 5.69 Å². The SMILES string of the molecule is COc1ccc(Cc2nc3cc(NC(C)=O)ccc3n2C2C3CC4CC(C3)CC2C4)cc1. The lowest BCUT2D eigenvalue weighted by atomic mass is 9.54. The fourth-order valence-corrected chi connectivity index (χ4v) is 7.13. The van der Waals surface area contributed by atoms with E-state index in [1.165, 1.54) is 43.2 Å². The summed E-state index contributed by atoms with van der Waals surface area (Å²) in [7, 11) is 1.70. The van der Waals surface area contributed by atoms with Crippen molar-refractivity contribution in [3.8, 4) is 5.75 Å². The molecule has 1 aromatic heterocycles. The number of benzene rings is 2. The summed E-state index contributed by atoms with van der Waals surface area (Å²) < 4.78 is 7.93. The molecule has 0 saturated heterocycles. The van der Waals surface area contributed by atoms with Gasteiger partial charge in [-0.05, 0) is 91.7 Å². The lowest BCUT2D eigenvalue weighted by molar-refractivity contribution is -0.114. The van der Waals surface area contributed by atoms with Crippen molar-refractivity contribution in [2.45, 2.75) is 51.5 Å². The summed E-state index contributed by atoms with van der Waals surface area (Å²) in [5, 5.41) is 2.92. The molecule has 0 aliphatic heterocycles. The van der Waals surface area contributed by atoms with Crippen molar-refractivity contribution in [3.63, 3.8) is 0 Å². The maximum atomic E-state index is 11.6. The third-order valence-electron chi connectivity index (χ3n) is 8.08. The average Bonchev–Trinajstić information content (AvgIpc) is 3.10. The summed E-state index contributed by atoms with van der Waals surface area (Å²) >= 11 is 0. The van der Waals surface area contributed by atoms with Gasteiger partial charge in [0.25, 0.3) is 0 Å². The van der Waals surface area contributed by atoms with Crippen LogP contribution in [0.25, 0.3) is 11.0 Å². The fraction of sp³-hybridized carbons (Fsp3) is 0.481. The van der Waals surface area contributed by atoms with Crippen molar-refractivity contribution in [1.29, 1.82) is 0 Å². The van der Waals surface area contributed by atoms with E-state index in [0.717, 1.165) is 52.9 Å². The van der Waals surface area contributed by atoms with Gasteiger partial charge in [0, 0.05) is 25.1 Å². The second-order valence-corrected chi connectivity index (χ2v) is 10.2. The van der Waals surface area contributed by atoms with Crippen molar-refractivity contribution in [2.24, 2.45) is 23.7 Å². The molecule has 4 saturated carbocycles. The second kappa shape index (κ2) is 7.65. The number of hydrogen-bond donors (Lipinski definition) is 1. The Morgan fingerprint density at radius 1 is 1.03 bits per heavy atom. The number of carbonyl (C=O) groups is 1. The largest absolute Gasteiger partial charge is 0.497 e. The molecule has 1 amide bonds. The van der Waals surface area contributed by atoms with Gasteiger partial charge in [-0.1, -0.05) is 12.1 Å². The molecule has 3 aromatic rings. The Morgan fingerprint density at radius 3 is 2.34 bits per heavy atom. The van der Waals surface area contributed by atoms with Crippen LogP contribution < -0.4 is 10.1 Å². The number of amides is 1. The molecule has 32 heavy (non-hydrogen) atoms. The van der Waals surface area contributed by atoms with E-state index >= 15 is 0 Å². The molecule has 4 fully saturated rings. The lowest BCUT2D eigenvalue weighted by Gasteiger charge is -2.55. The summed E-state index contributed by atoms with van der Waals surface area (Å²) in [5.74, 6) is 5.40. The van der Waals surface area contributed by atoms with Crippen molar-refractivity contribution in [1.82, 2.24) is 9.55 Å². The van der Waals surface area contributed by atoms with Crippen LogP contribution in [0, 0.1) is 23.7 Å². The Hall–Kier alpha value is -2.82. The Bertz CT molecular complexity index is 1140. The summed E-state index contributed by atoms with van der Waals surface area (Å²) in [6.45, 7) is 1.55. The van der Waals surface area contributed by atoms with Crippen molar-refractivity contribution >= 4 is 22.6 Å². The minimum absolute atomic E-state index is 0.0525. The predicted molar refractivity (Wildman–Crippen MR) is 126 cm³/mol. The highest BCUT2D eigenvalue weighted by Gasteiger charge is 2.49. The molecule has 0 atom stereocenters. The predicted octanol–water partition coefficient (Wildman–Crippen LogP) is 5.59. The number of methoxy groups -OCH3 is 1. The van der Waals surface area contributed by atoms with E-state index in [4.69, 9.17) is 9.72 Å². The summed E-state index contributed by atoms with van der Waals surface area (Å²) in [5.41, 5.74) is 4.25. The van der Waals surface area contributed by atoms with Gasteiger partial charge in [0.05, 0.1) is 18.1 Å². The minimum Gasteiger partial charge on any atom is -0.497 e. The van der Waals surface area contributed by atoms with Gasteiger partial charge in [0.15, 0.2) is 0 Å². The van der Waals surface area contributed by atoms with E-state index in [1.54, 1.807) is 14.0 Å².